The van der Waals surface area contributed by atoms with Gasteiger partial charge in [0, 0.05) is 26.7 Å². The standard InChI is InChI=1S/C20H35N3O4S/c1-16(2)14-23(15-20(3,4)12-7-13-22-19(24)21-5)28(25,26)18-10-8-17(27-6)9-11-18/h8-11,16H,7,12-15H2,1-6H3,(H2,21,22,24). The maximum Gasteiger partial charge on any atom is 0.314 e. The molecule has 0 saturated carbocycles. The number of urea groups is 1. The van der Waals surface area contributed by atoms with Crippen LogP contribution in [0.15, 0.2) is 29.2 Å². The van der Waals surface area contributed by atoms with Crippen molar-refractivity contribution in [1.82, 2.24) is 14.9 Å². The fourth-order valence-electron chi connectivity index (χ4n) is 2.97. The van der Waals surface area contributed by atoms with E-state index in [9.17, 15) is 13.2 Å². The molecule has 0 unspecified atom stereocenters. The molecule has 0 radical (unpaired) electrons. The molecule has 0 fully saturated rings. The Morgan fingerprint density at radius 2 is 1.82 bits per heavy atom. The van der Waals surface area contributed by atoms with Gasteiger partial charge < -0.3 is 15.4 Å². The van der Waals surface area contributed by atoms with Crippen molar-refractivity contribution in [3.05, 3.63) is 24.3 Å². The Balaban J connectivity index is 2.89. The van der Waals surface area contributed by atoms with E-state index in [1.807, 2.05) is 13.8 Å². The topological polar surface area (TPSA) is 87.7 Å². The van der Waals surface area contributed by atoms with E-state index in [1.165, 1.54) is 0 Å². The zero-order valence-electron chi connectivity index (χ0n) is 17.9. The van der Waals surface area contributed by atoms with E-state index in [1.54, 1.807) is 42.7 Å². The average molecular weight is 414 g/mol. The van der Waals surface area contributed by atoms with Crippen molar-refractivity contribution >= 4 is 16.1 Å². The van der Waals surface area contributed by atoms with Gasteiger partial charge in [-0.3, -0.25) is 0 Å². The highest BCUT2D eigenvalue weighted by Crippen LogP contribution is 2.28. The van der Waals surface area contributed by atoms with Gasteiger partial charge in [-0.15, -0.1) is 0 Å². The van der Waals surface area contributed by atoms with Crippen molar-refractivity contribution in [2.75, 3.05) is 33.8 Å². The number of hydrogen-bond donors (Lipinski definition) is 2. The van der Waals surface area contributed by atoms with Crippen LogP contribution in [-0.4, -0.2) is 52.5 Å². The molecule has 0 aliphatic rings. The zero-order valence-corrected chi connectivity index (χ0v) is 18.7. The number of nitrogens with one attached hydrogen (secondary N) is 2. The van der Waals surface area contributed by atoms with Crippen LogP contribution in [0.2, 0.25) is 0 Å². The van der Waals surface area contributed by atoms with Gasteiger partial charge in [0.05, 0.1) is 12.0 Å². The van der Waals surface area contributed by atoms with Crippen LogP contribution in [0.1, 0.15) is 40.5 Å². The molecule has 1 aromatic rings. The molecule has 7 nitrogen and oxygen atoms in total. The van der Waals surface area contributed by atoms with Crippen LogP contribution < -0.4 is 15.4 Å². The third-order valence-electron chi connectivity index (χ3n) is 4.41. The molecular formula is C20H35N3O4S. The van der Waals surface area contributed by atoms with Gasteiger partial charge in [0.15, 0.2) is 0 Å². The first kappa shape index (κ1) is 24.2. The Labute approximate surface area is 169 Å². The molecule has 8 heteroatoms. The van der Waals surface area contributed by atoms with Crippen molar-refractivity contribution in [1.29, 1.82) is 0 Å². The number of sulfonamides is 1. The number of hydrogen-bond acceptors (Lipinski definition) is 4. The summed E-state index contributed by atoms with van der Waals surface area (Å²) in [7, 11) is -0.476. The summed E-state index contributed by atoms with van der Waals surface area (Å²) in [6, 6.07) is 6.29. The predicted molar refractivity (Wildman–Crippen MR) is 112 cm³/mol. The molecule has 0 aliphatic carbocycles. The van der Waals surface area contributed by atoms with Crippen LogP contribution in [-0.2, 0) is 10.0 Å². The number of nitrogens with zero attached hydrogens (tertiary/aromatic N) is 1. The zero-order chi connectivity index (χ0) is 21.4. The quantitative estimate of drug-likeness (QED) is 0.546. The van der Waals surface area contributed by atoms with Crippen LogP contribution in [0.25, 0.3) is 0 Å². The van der Waals surface area contributed by atoms with Crippen LogP contribution in [0.4, 0.5) is 4.79 Å². The molecule has 1 rings (SSSR count). The van der Waals surface area contributed by atoms with Gasteiger partial charge >= 0.3 is 6.03 Å². The number of rotatable bonds is 11. The van der Waals surface area contributed by atoms with Crippen molar-refractivity contribution in [2.45, 2.75) is 45.4 Å². The minimum atomic E-state index is -3.60. The Morgan fingerprint density at radius 3 is 2.32 bits per heavy atom. The van der Waals surface area contributed by atoms with E-state index in [0.29, 0.717) is 25.4 Å². The molecule has 2 amide bonds. The number of carbonyl (C=O) groups excluding carboxylic acids is 1. The highest BCUT2D eigenvalue weighted by Gasteiger charge is 2.31. The van der Waals surface area contributed by atoms with Crippen LogP contribution in [0, 0.1) is 11.3 Å². The van der Waals surface area contributed by atoms with Crippen molar-refractivity contribution in [3.8, 4) is 5.75 Å². The van der Waals surface area contributed by atoms with E-state index < -0.39 is 10.0 Å². The lowest BCUT2D eigenvalue weighted by molar-refractivity contribution is 0.223. The third-order valence-corrected chi connectivity index (χ3v) is 6.24. The Kier molecular flexibility index (Phi) is 9.23. The maximum absolute atomic E-state index is 13.2. The minimum absolute atomic E-state index is 0.207. The molecule has 0 aliphatic heterocycles. The van der Waals surface area contributed by atoms with E-state index >= 15 is 0 Å². The number of ether oxygens (including phenoxy) is 1. The first-order chi connectivity index (χ1) is 13.0. The van der Waals surface area contributed by atoms with Gasteiger partial charge in [0.25, 0.3) is 0 Å². The largest absolute Gasteiger partial charge is 0.497 e. The Hall–Kier alpha value is -1.80. The second kappa shape index (κ2) is 10.7. The normalized spacial score (nSPS) is 12.3. The summed E-state index contributed by atoms with van der Waals surface area (Å²) in [6.45, 7) is 9.56. The second-order valence-electron chi connectivity index (χ2n) is 8.14. The van der Waals surface area contributed by atoms with Crippen molar-refractivity contribution < 1.29 is 17.9 Å². The number of carbonyl (C=O) groups is 1. The van der Waals surface area contributed by atoms with Gasteiger partial charge in [0.1, 0.15) is 5.75 Å². The average Bonchev–Trinajstić information content (AvgIpc) is 2.64. The summed E-state index contributed by atoms with van der Waals surface area (Å²) < 4.78 is 33.1. The Bertz CT molecular complexity index is 715. The monoisotopic (exact) mass is 413 g/mol. The molecular weight excluding hydrogens is 378 g/mol. The summed E-state index contributed by atoms with van der Waals surface area (Å²) in [5, 5.41) is 5.28. The van der Waals surface area contributed by atoms with Gasteiger partial charge in [-0.05, 0) is 48.4 Å². The predicted octanol–water partition coefficient (Wildman–Crippen LogP) is 3.08. The van der Waals surface area contributed by atoms with Gasteiger partial charge in [0.2, 0.25) is 10.0 Å². The number of amides is 2. The molecule has 160 valence electrons. The number of benzene rings is 1. The summed E-state index contributed by atoms with van der Waals surface area (Å²) in [5.74, 6) is 0.831. The fourth-order valence-corrected chi connectivity index (χ4v) is 4.76. The van der Waals surface area contributed by atoms with Gasteiger partial charge in [-0.1, -0.05) is 27.7 Å². The summed E-state index contributed by atoms with van der Waals surface area (Å²) in [5.41, 5.74) is -0.223. The first-order valence-corrected chi connectivity index (χ1v) is 11.1. The summed E-state index contributed by atoms with van der Waals surface area (Å²) >= 11 is 0. The maximum atomic E-state index is 13.2. The van der Waals surface area contributed by atoms with E-state index in [0.717, 1.165) is 12.8 Å². The van der Waals surface area contributed by atoms with Crippen molar-refractivity contribution in [2.24, 2.45) is 11.3 Å². The SMILES string of the molecule is CNC(=O)NCCCC(C)(C)CN(CC(C)C)S(=O)(=O)c1ccc(OC)cc1. The first-order valence-electron chi connectivity index (χ1n) is 9.61. The Morgan fingerprint density at radius 1 is 1.21 bits per heavy atom. The molecule has 1 aromatic carbocycles. The van der Waals surface area contributed by atoms with Crippen molar-refractivity contribution in [3.63, 3.8) is 0 Å². The molecule has 0 aromatic heterocycles. The smallest absolute Gasteiger partial charge is 0.314 e. The lowest BCUT2D eigenvalue weighted by atomic mass is 9.87. The van der Waals surface area contributed by atoms with E-state index in [-0.39, 0.29) is 22.3 Å². The fraction of sp³-hybridized carbons (Fsp3) is 0.650. The molecule has 2 N–H and O–H groups in total. The molecule has 0 saturated heterocycles. The lowest BCUT2D eigenvalue weighted by Crippen LogP contribution is -2.41. The minimum Gasteiger partial charge on any atom is -0.497 e. The van der Waals surface area contributed by atoms with E-state index in [4.69, 9.17) is 4.74 Å². The van der Waals surface area contributed by atoms with E-state index in [2.05, 4.69) is 24.5 Å². The summed E-state index contributed by atoms with van der Waals surface area (Å²) in [4.78, 5) is 11.5. The second-order valence-corrected chi connectivity index (χ2v) is 10.1. The molecule has 0 spiro atoms. The van der Waals surface area contributed by atoms with Crippen LogP contribution in [0.5, 0.6) is 5.75 Å². The van der Waals surface area contributed by atoms with Gasteiger partial charge in [-0.2, -0.15) is 4.31 Å². The summed E-state index contributed by atoms with van der Waals surface area (Å²) in [6.07, 6.45) is 1.57. The van der Waals surface area contributed by atoms with Crippen LogP contribution in [0.3, 0.4) is 0 Å². The number of methoxy groups -OCH3 is 1. The molecule has 0 bridgehead atoms. The molecule has 0 heterocycles. The molecule has 28 heavy (non-hydrogen) atoms. The molecule has 0 atom stereocenters. The lowest BCUT2D eigenvalue weighted by Gasteiger charge is -2.33. The van der Waals surface area contributed by atoms with Crippen LogP contribution >= 0.6 is 0 Å². The third kappa shape index (κ3) is 7.67. The highest BCUT2D eigenvalue weighted by atomic mass is 32.2. The highest BCUT2D eigenvalue weighted by molar-refractivity contribution is 7.89. The van der Waals surface area contributed by atoms with Gasteiger partial charge in [-0.25, -0.2) is 13.2 Å².